The maximum Gasteiger partial charge on any atom is 0.308 e. The first-order valence-corrected chi connectivity index (χ1v) is 10.3. The number of hydrogen-bond donors (Lipinski definition) is 0. The van der Waals surface area contributed by atoms with E-state index in [4.69, 9.17) is 4.74 Å². The third-order valence-electron chi connectivity index (χ3n) is 6.03. The van der Waals surface area contributed by atoms with E-state index in [1.54, 1.807) is 12.2 Å². The summed E-state index contributed by atoms with van der Waals surface area (Å²) in [6, 6.07) is 9.61. The highest BCUT2D eigenvalue weighted by molar-refractivity contribution is 6.24. The van der Waals surface area contributed by atoms with Crippen LogP contribution in [0.4, 0.5) is 10.1 Å². The molecule has 0 radical (unpaired) electrons. The topological polar surface area (TPSA) is 96.3 Å². The Bertz CT molecular complexity index is 1240. The number of carbonyl (C=O) groups excluding carboxylic acids is 4. The van der Waals surface area contributed by atoms with Crippen LogP contribution in [0.15, 0.2) is 65.8 Å². The number of esters is 1. The number of Topliss-reactive ketones (excluding diaryl/α,β-unsaturated/α-hetero) is 1. The van der Waals surface area contributed by atoms with Crippen molar-refractivity contribution in [3.05, 3.63) is 72.1 Å². The van der Waals surface area contributed by atoms with Crippen molar-refractivity contribution < 1.29 is 28.3 Å². The number of ketones is 1. The van der Waals surface area contributed by atoms with E-state index in [9.17, 15) is 23.6 Å². The Kier molecular flexibility index (Phi) is 4.88. The van der Waals surface area contributed by atoms with Crippen LogP contribution in [0.1, 0.15) is 17.3 Å². The van der Waals surface area contributed by atoms with Gasteiger partial charge in [-0.2, -0.15) is 5.10 Å². The molecule has 2 fully saturated rings. The number of allylic oxidation sites excluding steroid dienone is 1. The molecule has 3 heterocycles. The van der Waals surface area contributed by atoms with E-state index >= 15 is 0 Å². The minimum Gasteiger partial charge on any atom is -0.427 e. The van der Waals surface area contributed by atoms with Crippen LogP contribution in [-0.4, -0.2) is 46.9 Å². The van der Waals surface area contributed by atoms with Gasteiger partial charge in [0.05, 0.1) is 23.6 Å². The summed E-state index contributed by atoms with van der Waals surface area (Å²) in [5.41, 5.74) is 0.413. The van der Waals surface area contributed by atoms with Crippen molar-refractivity contribution in [2.24, 2.45) is 16.9 Å². The van der Waals surface area contributed by atoms with Crippen LogP contribution in [0.25, 0.3) is 0 Å². The molecule has 2 saturated heterocycles. The number of nitrogens with zero attached hydrogens (tertiary/aromatic N) is 3. The van der Waals surface area contributed by atoms with Crippen LogP contribution >= 0.6 is 0 Å². The van der Waals surface area contributed by atoms with Crippen LogP contribution in [0.5, 0.6) is 5.75 Å². The molecular formula is C24H18FN3O5. The number of fused-ring (bicyclic) bond motifs is 3. The van der Waals surface area contributed by atoms with Crippen molar-refractivity contribution in [1.82, 2.24) is 5.01 Å². The molecule has 8 nitrogen and oxygen atoms in total. The molecule has 0 aromatic heterocycles. The van der Waals surface area contributed by atoms with Gasteiger partial charge in [0.2, 0.25) is 11.8 Å². The fourth-order valence-electron chi connectivity index (χ4n) is 4.73. The normalized spacial score (nSPS) is 25.3. The summed E-state index contributed by atoms with van der Waals surface area (Å²) in [5, 5.41) is 5.78. The Morgan fingerprint density at radius 3 is 2.45 bits per heavy atom. The molecule has 0 unspecified atom stereocenters. The van der Waals surface area contributed by atoms with Gasteiger partial charge >= 0.3 is 5.97 Å². The Morgan fingerprint density at radius 1 is 1.03 bits per heavy atom. The molecule has 3 aliphatic rings. The lowest BCUT2D eigenvalue weighted by Crippen LogP contribution is -2.46. The maximum atomic E-state index is 13.8. The zero-order valence-corrected chi connectivity index (χ0v) is 17.4. The summed E-state index contributed by atoms with van der Waals surface area (Å²) < 4.78 is 18.8. The second-order valence-electron chi connectivity index (χ2n) is 7.99. The molecule has 3 aliphatic heterocycles. The predicted molar refractivity (Wildman–Crippen MR) is 115 cm³/mol. The summed E-state index contributed by atoms with van der Waals surface area (Å²) >= 11 is 0. The number of amides is 2. The zero-order chi connectivity index (χ0) is 23.3. The smallest absolute Gasteiger partial charge is 0.308 e. The summed E-state index contributed by atoms with van der Waals surface area (Å²) in [6.45, 7) is 1.27. The molecule has 2 aromatic carbocycles. The number of hydrazone groups is 1. The molecule has 33 heavy (non-hydrogen) atoms. The number of rotatable bonds is 4. The molecular weight excluding hydrogens is 429 g/mol. The highest BCUT2D eigenvalue weighted by Gasteiger charge is 2.64. The van der Waals surface area contributed by atoms with E-state index in [1.165, 1.54) is 60.6 Å². The van der Waals surface area contributed by atoms with E-state index in [2.05, 4.69) is 5.10 Å². The monoisotopic (exact) mass is 447 g/mol. The number of benzene rings is 2. The third kappa shape index (κ3) is 3.32. The number of ether oxygens (including phenoxy) is 1. The van der Waals surface area contributed by atoms with Gasteiger partial charge in [0.15, 0.2) is 5.78 Å². The van der Waals surface area contributed by atoms with Crippen LogP contribution in [-0.2, 0) is 14.4 Å². The van der Waals surface area contributed by atoms with Gasteiger partial charge in [0.25, 0.3) is 0 Å². The number of halogens is 1. The first-order valence-electron chi connectivity index (χ1n) is 10.3. The second kappa shape index (κ2) is 7.77. The Morgan fingerprint density at radius 2 is 1.76 bits per heavy atom. The van der Waals surface area contributed by atoms with Crippen LogP contribution < -0.4 is 9.64 Å². The van der Waals surface area contributed by atoms with E-state index in [0.717, 1.165) is 11.0 Å². The largest absolute Gasteiger partial charge is 0.427 e. The summed E-state index contributed by atoms with van der Waals surface area (Å²) in [7, 11) is 0. The van der Waals surface area contributed by atoms with Gasteiger partial charge in [-0.15, -0.1) is 0 Å². The summed E-state index contributed by atoms with van der Waals surface area (Å²) in [6.07, 6.45) is 4.91. The lowest BCUT2D eigenvalue weighted by Gasteiger charge is -2.30. The zero-order valence-electron chi connectivity index (χ0n) is 17.4. The van der Waals surface area contributed by atoms with E-state index < -0.39 is 53.3 Å². The van der Waals surface area contributed by atoms with Crippen molar-refractivity contribution in [3.63, 3.8) is 0 Å². The second-order valence-corrected chi connectivity index (χ2v) is 7.99. The Labute approximate surface area is 187 Å². The lowest BCUT2D eigenvalue weighted by molar-refractivity contribution is -0.132. The lowest BCUT2D eigenvalue weighted by atomic mass is 9.86. The van der Waals surface area contributed by atoms with E-state index in [1.807, 2.05) is 0 Å². The van der Waals surface area contributed by atoms with Crippen LogP contribution in [0, 0.1) is 17.7 Å². The van der Waals surface area contributed by atoms with Crippen molar-refractivity contribution in [2.45, 2.75) is 19.0 Å². The first-order chi connectivity index (χ1) is 15.9. The standard InChI is InChI=1S/C24H18FN3O5/c1-13(29)33-17-9-7-14(8-10-17)22(30)21-20-19(18-6-3-11-26-28(18)21)23(31)27(24(20)32)16-5-2-4-15(25)12-16/h2-12,18-21H,1H3/t18-,19-,20+,21+/m1/s1. The van der Waals surface area contributed by atoms with Crippen molar-refractivity contribution in [2.75, 3.05) is 4.90 Å². The van der Waals surface area contributed by atoms with Gasteiger partial charge < -0.3 is 4.74 Å². The molecule has 4 atom stereocenters. The fourth-order valence-corrected chi connectivity index (χ4v) is 4.73. The molecule has 0 aliphatic carbocycles. The summed E-state index contributed by atoms with van der Waals surface area (Å²) in [4.78, 5) is 52.4. The molecule has 2 amide bonds. The molecule has 5 rings (SSSR count). The molecule has 166 valence electrons. The predicted octanol–water partition coefficient (Wildman–Crippen LogP) is 2.35. The molecule has 9 heteroatoms. The number of imide groups is 1. The van der Waals surface area contributed by atoms with Gasteiger partial charge in [-0.1, -0.05) is 12.1 Å². The highest BCUT2D eigenvalue weighted by atomic mass is 19.1. The van der Waals surface area contributed by atoms with Crippen molar-refractivity contribution in [1.29, 1.82) is 0 Å². The molecule has 0 saturated carbocycles. The van der Waals surface area contributed by atoms with E-state index in [-0.39, 0.29) is 17.0 Å². The quantitative estimate of drug-likeness (QED) is 0.309. The van der Waals surface area contributed by atoms with Gasteiger partial charge in [-0.05, 0) is 48.5 Å². The minimum atomic E-state index is -1.02. The average Bonchev–Trinajstić information content (AvgIpc) is 3.26. The summed E-state index contributed by atoms with van der Waals surface area (Å²) in [5.74, 6) is -4.04. The fraction of sp³-hybridized carbons (Fsp3) is 0.208. The first kappa shape index (κ1) is 20.7. The number of hydrogen-bond acceptors (Lipinski definition) is 7. The van der Waals surface area contributed by atoms with Gasteiger partial charge in [-0.25, -0.2) is 9.29 Å². The number of anilines is 1. The van der Waals surface area contributed by atoms with Gasteiger partial charge in [0.1, 0.15) is 17.6 Å². The Balaban J connectivity index is 1.52. The van der Waals surface area contributed by atoms with E-state index in [0.29, 0.717) is 0 Å². The average molecular weight is 447 g/mol. The maximum absolute atomic E-state index is 13.8. The SMILES string of the molecule is CC(=O)Oc1ccc(C(=O)[C@@H]2[C@H]3C(=O)N(c4cccc(F)c4)C(=O)[C@@H]3[C@H]3C=CC=NN32)cc1. The molecule has 2 aromatic rings. The number of carbonyl (C=O) groups is 4. The van der Waals surface area contributed by atoms with Crippen LogP contribution in [0.2, 0.25) is 0 Å². The molecule has 0 spiro atoms. The Hall–Kier alpha value is -4.14. The van der Waals surface area contributed by atoms with Crippen LogP contribution in [0.3, 0.4) is 0 Å². The minimum absolute atomic E-state index is 0.131. The molecule has 0 bridgehead atoms. The van der Waals surface area contributed by atoms with Crippen molar-refractivity contribution in [3.8, 4) is 5.75 Å². The molecule has 0 N–H and O–H groups in total. The van der Waals surface area contributed by atoms with Gasteiger partial charge in [-0.3, -0.25) is 24.2 Å². The van der Waals surface area contributed by atoms with Crippen molar-refractivity contribution >= 4 is 35.5 Å². The third-order valence-corrected chi connectivity index (χ3v) is 6.03. The van der Waals surface area contributed by atoms with Gasteiger partial charge in [0, 0.05) is 18.7 Å². The highest BCUT2D eigenvalue weighted by Crippen LogP contribution is 2.46.